The number of anilines is 1. The lowest BCUT2D eigenvalue weighted by atomic mass is 10.2. The highest BCUT2D eigenvalue weighted by molar-refractivity contribution is 7.14. The van der Waals surface area contributed by atoms with Gasteiger partial charge in [0.1, 0.15) is 11.6 Å². The number of amides is 1. The molecule has 3 rings (SSSR count). The molecule has 0 saturated carbocycles. The van der Waals surface area contributed by atoms with Crippen molar-refractivity contribution < 1.29 is 23.5 Å². The molecule has 0 unspecified atom stereocenters. The Morgan fingerprint density at radius 3 is 2.55 bits per heavy atom. The molecule has 1 heterocycles. The van der Waals surface area contributed by atoms with Crippen LogP contribution in [0.1, 0.15) is 5.56 Å². The summed E-state index contributed by atoms with van der Waals surface area (Å²) in [6, 6.07) is 13.0. The summed E-state index contributed by atoms with van der Waals surface area (Å²) in [6.07, 6.45) is 2.65. The van der Waals surface area contributed by atoms with E-state index in [1.54, 1.807) is 7.11 Å². The summed E-state index contributed by atoms with van der Waals surface area (Å²) >= 11 is 1.27. The van der Waals surface area contributed by atoms with Gasteiger partial charge in [0.2, 0.25) is 0 Å². The van der Waals surface area contributed by atoms with Crippen molar-refractivity contribution in [2.24, 2.45) is 0 Å². The van der Waals surface area contributed by atoms with E-state index in [9.17, 15) is 14.0 Å². The zero-order chi connectivity index (χ0) is 20.6. The predicted molar refractivity (Wildman–Crippen MR) is 109 cm³/mol. The molecule has 29 heavy (non-hydrogen) atoms. The van der Waals surface area contributed by atoms with Crippen molar-refractivity contribution in [3.63, 3.8) is 0 Å². The van der Waals surface area contributed by atoms with Crippen LogP contribution < -0.4 is 10.1 Å². The topological polar surface area (TPSA) is 77.5 Å². The van der Waals surface area contributed by atoms with E-state index in [-0.39, 0.29) is 5.82 Å². The fourth-order valence-corrected chi connectivity index (χ4v) is 3.04. The molecule has 0 saturated heterocycles. The normalized spacial score (nSPS) is 10.7. The zero-order valence-corrected chi connectivity index (χ0v) is 16.2. The summed E-state index contributed by atoms with van der Waals surface area (Å²) in [4.78, 5) is 28.0. The van der Waals surface area contributed by atoms with Gasteiger partial charge < -0.3 is 9.47 Å². The molecule has 0 radical (unpaired) electrons. The minimum Gasteiger partial charge on any atom is -0.497 e. The summed E-state index contributed by atoms with van der Waals surface area (Å²) in [5.74, 6) is -0.793. The number of benzene rings is 2. The average molecular weight is 412 g/mol. The lowest BCUT2D eigenvalue weighted by Crippen LogP contribution is -2.20. The smallest absolute Gasteiger partial charge is 0.331 e. The molecule has 0 spiro atoms. The van der Waals surface area contributed by atoms with Crippen molar-refractivity contribution in [2.75, 3.05) is 19.0 Å². The number of rotatable bonds is 7. The van der Waals surface area contributed by atoms with E-state index in [2.05, 4.69) is 10.3 Å². The quantitative estimate of drug-likeness (QED) is 0.466. The summed E-state index contributed by atoms with van der Waals surface area (Å²) in [6.45, 7) is -0.440. The van der Waals surface area contributed by atoms with Crippen molar-refractivity contribution in [1.29, 1.82) is 0 Å². The number of carbonyl (C=O) groups is 2. The van der Waals surface area contributed by atoms with Gasteiger partial charge in [-0.3, -0.25) is 10.1 Å². The monoisotopic (exact) mass is 412 g/mol. The first-order valence-corrected chi connectivity index (χ1v) is 9.41. The molecule has 0 aliphatic rings. The van der Waals surface area contributed by atoms with Crippen molar-refractivity contribution in [3.05, 3.63) is 71.4 Å². The van der Waals surface area contributed by atoms with Crippen molar-refractivity contribution in [2.45, 2.75) is 0 Å². The summed E-state index contributed by atoms with van der Waals surface area (Å²) in [5, 5.41) is 4.81. The number of methoxy groups -OCH3 is 1. The molecule has 6 nitrogen and oxygen atoms in total. The molecular weight excluding hydrogens is 395 g/mol. The van der Waals surface area contributed by atoms with Crippen molar-refractivity contribution in [1.82, 2.24) is 4.98 Å². The second-order valence-electron chi connectivity index (χ2n) is 5.81. The predicted octanol–water partition coefficient (Wildman–Crippen LogP) is 4.15. The third-order valence-electron chi connectivity index (χ3n) is 3.76. The van der Waals surface area contributed by atoms with Gasteiger partial charge in [-0.05, 0) is 48.0 Å². The first-order chi connectivity index (χ1) is 14.0. The number of nitrogens with one attached hydrogen (secondary N) is 1. The van der Waals surface area contributed by atoms with Gasteiger partial charge in [-0.15, -0.1) is 11.3 Å². The lowest BCUT2D eigenvalue weighted by molar-refractivity contribution is -0.142. The second-order valence-corrected chi connectivity index (χ2v) is 6.67. The summed E-state index contributed by atoms with van der Waals surface area (Å²) in [7, 11) is 1.59. The van der Waals surface area contributed by atoms with Crippen LogP contribution in [0.5, 0.6) is 5.75 Å². The Kier molecular flexibility index (Phi) is 6.70. The number of ether oxygens (including phenoxy) is 2. The Bertz CT molecular complexity index is 1010. The van der Waals surface area contributed by atoms with E-state index in [1.807, 2.05) is 29.6 Å². The number of carbonyl (C=O) groups excluding carboxylic acids is 2. The van der Waals surface area contributed by atoms with E-state index in [0.29, 0.717) is 16.4 Å². The molecule has 148 valence electrons. The Morgan fingerprint density at radius 1 is 1.14 bits per heavy atom. The standard InChI is InChI=1S/C21H17FN2O4S/c1-27-17-9-5-15(6-10-17)18-13-29-21(23-18)24-19(25)12-28-20(26)11-4-14-2-7-16(22)8-3-14/h2-11,13H,12H2,1H3,(H,23,24,25)/b11-4+. The maximum Gasteiger partial charge on any atom is 0.331 e. The number of aromatic nitrogens is 1. The first kappa shape index (κ1) is 20.2. The second kappa shape index (κ2) is 9.61. The maximum atomic E-state index is 12.8. The Hall–Kier alpha value is -3.52. The summed E-state index contributed by atoms with van der Waals surface area (Å²) in [5.41, 5.74) is 2.24. The number of thiazole rings is 1. The largest absolute Gasteiger partial charge is 0.497 e. The number of halogens is 1. The Labute approximate surface area is 170 Å². The molecule has 1 aromatic heterocycles. The highest BCUT2D eigenvalue weighted by atomic mass is 32.1. The molecule has 1 N–H and O–H groups in total. The van der Waals surface area contributed by atoms with Crippen molar-refractivity contribution in [3.8, 4) is 17.0 Å². The van der Waals surface area contributed by atoms with Gasteiger partial charge in [0.15, 0.2) is 11.7 Å². The molecule has 8 heteroatoms. The van der Waals surface area contributed by atoms with Crippen LogP contribution in [0.3, 0.4) is 0 Å². The fourth-order valence-electron chi connectivity index (χ4n) is 2.30. The van der Waals surface area contributed by atoms with Gasteiger partial charge in [-0.1, -0.05) is 12.1 Å². The molecule has 0 fully saturated rings. The molecule has 0 atom stereocenters. The first-order valence-electron chi connectivity index (χ1n) is 8.54. The number of hydrogen-bond acceptors (Lipinski definition) is 6. The van der Waals surface area contributed by atoms with Gasteiger partial charge in [0.05, 0.1) is 12.8 Å². The molecule has 3 aromatic rings. The average Bonchev–Trinajstić information content (AvgIpc) is 3.20. The van der Waals surface area contributed by atoms with Crippen LogP contribution in [0, 0.1) is 5.82 Å². The van der Waals surface area contributed by atoms with Gasteiger partial charge >= 0.3 is 5.97 Å². The maximum absolute atomic E-state index is 12.8. The van der Waals surface area contributed by atoms with Crippen LogP contribution in [-0.4, -0.2) is 30.6 Å². The third-order valence-corrected chi connectivity index (χ3v) is 4.52. The SMILES string of the molecule is COc1ccc(-c2csc(NC(=O)COC(=O)/C=C/c3ccc(F)cc3)n2)cc1. The highest BCUT2D eigenvalue weighted by Gasteiger charge is 2.10. The molecule has 2 aromatic carbocycles. The minimum atomic E-state index is -0.678. The molecule has 1 amide bonds. The van der Waals surface area contributed by atoms with Gasteiger partial charge in [0, 0.05) is 17.0 Å². The lowest BCUT2D eigenvalue weighted by Gasteiger charge is -2.02. The zero-order valence-electron chi connectivity index (χ0n) is 15.4. The van der Waals surface area contributed by atoms with Crippen LogP contribution in [0.2, 0.25) is 0 Å². The fraction of sp³-hybridized carbons (Fsp3) is 0.0952. The third kappa shape index (κ3) is 5.98. The van der Waals surface area contributed by atoms with Crippen LogP contribution in [0.4, 0.5) is 9.52 Å². The van der Waals surface area contributed by atoms with E-state index in [0.717, 1.165) is 11.3 Å². The number of hydrogen-bond donors (Lipinski definition) is 1. The van der Waals surface area contributed by atoms with Crippen LogP contribution in [-0.2, 0) is 14.3 Å². The van der Waals surface area contributed by atoms with Gasteiger partial charge in [0.25, 0.3) is 5.91 Å². The number of nitrogens with zero attached hydrogens (tertiary/aromatic N) is 1. The van der Waals surface area contributed by atoms with Crippen LogP contribution in [0.15, 0.2) is 60.0 Å². The van der Waals surface area contributed by atoms with Gasteiger partial charge in [-0.2, -0.15) is 0 Å². The molecule has 0 aliphatic heterocycles. The Balaban J connectivity index is 1.48. The van der Waals surface area contributed by atoms with E-state index in [1.165, 1.54) is 47.8 Å². The molecular formula is C21H17FN2O4S. The van der Waals surface area contributed by atoms with Crippen LogP contribution in [0.25, 0.3) is 17.3 Å². The summed E-state index contributed by atoms with van der Waals surface area (Å²) < 4.78 is 22.8. The molecule has 0 bridgehead atoms. The van der Waals surface area contributed by atoms with Crippen molar-refractivity contribution >= 4 is 34.4 Å². The highest BCUT2D eigenvalue weighted by Crippen LogP contribution is 2.26. The van der Waals surface area contributed by atoms with E-state index in [4.69, 9.17) is 9.47 Å². The Morgan fingerprint density at radius 2 is 1.86 bits per heavy atom. The minimum absolute atomic E-state index is 0.362. The van der Waals surface area contributed by atoms with E-state index >= 15 is 0 Å². The molecule has 0 aliphatic carbocycles. The van der Waals surface area contributed by atoms with Gasteiger partial charge in [-0.25, -0.2) is 14.2 Å². The number of esters is 1. The van der Waals surface area contributed by atoms with E-state index < -0.39 is 18.5 Å². The van der Waals surface area contributed by atoms with Crippen LogP contribution >= 0.6 is 11.3 Å².